The van der Waals surface area contributed by atoms with Crippen molar-refractivity contribution in [3.63, 3.8) is 0 Å². The van der Waals surface area contributed by atoms with Crippen LogP contribution in [0.25, 0.3) is 24.6 Å². The van der Waals surface area contributed by atoms with Crippen LogP contribution in [0.2, 0.25) is 0 Å². The van der Waals surface area contributed by atoms with Crippen LogP contribution in [0.4, 0.5) is 0 Å². The quantitative estimate of drug-likeness (QED) is 0.519. The van der Waals surface area contributed by atoms with Crippen LogP contribution in [0.3, 0.4) is 0 Å². The number of hydrogen-bond acceptors (Lipinski definition) is 0. The first-order valence-electron chi connectivity index (χ1n) is 0. The molecule has 0 amide bonds. The van der Waals surface area contributed by atoms with Crippen LogP contribution in [-0.4, -0.2) is 0 Å². The Morgan fingerprint density at radius 2 is 0.333 bits per heavy atom. The number of rotatable bonds is 0. The van der Waals surface area contributed by atoms with Crippen molar-refractivity contribution in [3.05, 3.63) is 54.3 Å². The first kappa shape index (κ1) is 1410. The van der Waals surface area contributed by atoms with Gasteiger partial charge in [0, 0.05) is 26.2 Å². The molecule has 0 spiro atoms. The molecule has 8 N–H and O–H groups in total. The molecule has 9 heavy (non-hydrogen) atoms. The number of hydrogen-bond donors (Lipinski definition) is 0. The van der Waals surface area contributed by atoms with Gasteiger partial charge in [0.15, 0.2) is 0 Å². The summed E-state index contributed by atoms with van der Waals surface area (Å²) in [5.41, 5.74) is 0. The molecular formula is C4H20N4Zr-8. The van der Waals surface area contributed by atoms with Crippen molar-refractivity contribution in [3.8, 4) is 0 Å². The fourth-order valence-corrected chi connectivity index (χ4v) is 0. The van der Waals surface area contributed by atoms with Gasteiger partial charge in [-0.15, -0.1) is 0 Å². The smallest absolute Gasteiger partial charge is 0 e. The maximum atomic E-state index is 0. The zero-order valence-electron chi connectivity index (χ0n) is 6.81. The minimum Gasteiger partial charge on any atom is -0.693 e. The largest absolute Gasteiger partial charge is 0.693 e. The first-order valence-corrected chi connectivity index (χ1v) is 0. The van der Waals surface area contributed by atoms with Gasteiger partial charge in [-0.2, -0.15) is 0 Å². The van der Waals surface area contributed by atoms with E-state index in [1.54, 1.807) is 0 Å². The summed E-state index contributed by atoms with van der Waals surface area (Å²) < 4.78 is 0. The maximum absolute atomic E-state index is 0. The molecule has 0 saturated carbocycles. The van der Waals surface area contributed by atoms with Gasteiger partial charge < -0.3 is 54.3 Å². The van der Waals surface area contributed by atoms with E-state index in [0.29, 0.717) is 0 Å². The molecule has 0 saturated heterocycles. The monoisotopic (exact) mass is 214 g/mol. The summed E-state index contributed by atoms with van der Waals surface area (Å²) in [6.45, 7) is 0. The Morgan fingerprint density at radius 3 is 0.333 bits per heavy atom. The first-order chi connectivity index (χ1) is 0. The van der Waals surface area contributed by atoms with Crippen LogP contribution in [0.5, 0.6) is 0 Å². The van der Waals surface area contributed by atoms with Gasteiger partial charge in [0.1, 0.15) is 0 Å². The molecule has 0 aromatic heterocycles. The summed E-state index contributed by atoms with van der Waals surface area (Å²) in [5, 5.41) is 0. The Kier molecular flexibility index (Phi) is 156000. The Balaban J connectivity index is 0. The standard InChI is InChI=1S/4CH3.4H2N.Zr/h4*1H3;4*1H2;/q8*-1;. The third kappa shape index (κ3) is 754. The third-order valence-electron chi connectivity index (χ3n) is 0. The second-order valence-corrected chi connectivity index (χ2v) is 0. The fraction of sp³-hybridized carbons (Fsp3) is 0. The van der Waals surface area contributed by atoms with E-state index in [0.717, 1.165) is 0 Å². The van der Waals surface area contributed by atoms with E-state index in [2.05, 4.69) is 0 Å². The van der Waals surface area contributed by atoms with Gasteiger partial charge in [-0.25, -0.2) is 0 Å². The topological polar surface area (TPSA) is 134 Å². The zero-order chi connectivity index (χ0) is 0. The van der Waals surface area contributed by atoms with Gasteiger partial charge in [-0.05, 0) is 0 Å². The van der Waals surface area contributed by atoms with Gasteiger partial charge in [0.2, 0.25) is 0 Å². The Hall–Kier alpha value is 0.723. The van der Waals surface area contributed by atoms with E-state index < -0.39 is 0 Å². The van der Waals surface area contributed by atoms with Crippen molar-refractivity contribution in [1.82, 2.24) is 0 Å². The van der Waals surface area contributed by atoms with Crippen molar-refractivity contribution >= 4 is 0 Å². The maximum Gasteiger partial charge on any atom is 0 e. The summed E-state index contributed by atoms with van der Waals surface area (Å²) >= 11 is 0. The van der Waals surface area contributed by atoms with Crippen LogP contribution >= 0.6 is 0 Å². The average Bonchev–Trinajstić information content (AvgIpc) is 0. The van der Waals surface area contributed by atoms with Crippen molar-refractivity contribution in [1.29, 1.82) is 0 Å². The SMILES string of the molecule is [CH3-].[CH3-].[CH3-].[CH3-].[NH2-].[NH2-].[NH2-].[NH2-].[Zr]. The van der Waals surface area contributed by atoms with Crippen molar-refractivity contribution in [2.24, 2.45) is 0 Å². The summed E-state index contributed by atoms with van der Waals surface area (Å²) in [5.74, 6) is 0. The molecule has 0 heterocycles. The van der Waals surface area contributed by atoms with Gasteiger partial charge in [-0.1, -0.05) is 0 Å². The predicted octanol–water partition coefficient (Wildman–Crippen LogP) is 4.67. The Morgan fingerprint density at radius 1 is 0.333 bits per heavy atom. The van der Waals surface area contributed by atoms with Crippen LogP contribution in [0.1, 0.15) is 0 Å². The molecule has 0 rings (SSSR count). The molecule has 0 aliphatic rings. The van der Waals surface area contributed by atoms with Gasteiger partial charge >= 0.3 is 0 Å². The Labute approximate surface area is 80.6 Å². The van der Waals surface area contributed by atoms with Crippen molar-refractivity contribution in [2.45, 2.75) is 0 Å². The minimum absolute atomic E-state index is 0. The normalized spacial score (nSPS) is 0. The van der Waals surface area contributed by atoms with Crippen LogP contribution in [0.15, 0.2) is 0 Å². The molecule has 0 bridgehead atoms. The molecule has 0 radical (unpaired) electrons. The second-order valence-electron chi connectivity index (χ2n) is 0. The third-order valence-corrected chi connectivity index (χ3v) is 0. The summed E-state index contributed by atoms with van der Waals surface area (Å²) in [6.07, 6.45) is 0. The number of nitrogens with two attached hydrogens (primary N) is 4. The molecule has 0 atom stereocenters. The van der Waals surface area contributed by atoms with E-state index in [1.807, 2.05) is 0 Å². The van der Waals surface area contributed by atoms with Crippen molar-refractivity contribution < 1.29 is 26.2 Å². The van der Waals surface area contributed by atoms with E-state index in [9.17, 15) is 0 Å². The molecule has 5 heteroatoms. The van der Waals surface area contributed by atoms with Gasteiger partial charge in [-0.3, -0.25) is 0 Å². The molecule has 4 nitrogen and oxygen atoms in total. The predicted molar refractivity (Wildman–Crippen MR) is 46.8 cm³/mol. The molecule has 0 fully saturated rings. The minimum atomic E-state index is 0. The average molecular weight is 215 g/mol. The van der Waals surface area contributed by atoms with E-state index in [1.165, 1.54) is 0 Å². The van der Waals surface area contributed by atoms with Gasteiger partial charge in [0.05, 0.1) is 0 Å². The molecule has 0 aromatic rings. The van der Waals surface area contributed by atoms with Crippen LogP contribution in [-0.2, 0) is 26.2 Å². The fourth-order valence-electron chi connectivity index (χ4n) is 0. The van der Waals surface area contributed by atoms with Crippen LogP contribution in [0, 0.1) is 29.7 Å². The molecular weight excluding hydrogens is 195 g/mol. The van der Waals surface area contributed by atoms with E-state index in [4.69, 9.17) is 0 Å². The van der Waals surface area contributed by atoms with Crippen molar-refractivity contribution in [2.75, 3.05) is 0 Å². The summed E-state index contributed by atoms with van der Waals surface area (Å²) in [4.78, 5) is 0. The zero-order valence-corrected chi connectivity index (χ0v) is 9.27. The molecule has 0 aliphatic heterocycles. The molecule has 0 aliphatic carbocycles. The summed E-state index contributed by atoms with van der Waals surface area (Å²) in [6, 6.07) is 0. The van der Waals surface area contributed by atoms with E-state index in [-0.39, 0.29) is 80.5 Å². The van der Waals surface area contributed by atoms with E-state index >= 15 is 0 Å². The molecule has 0 unspecified atom stereocenters. The molecule has 0 aromatic carbocycles. The molecule has 68 valence electrons. The summed E-state index contributed by atoms with van der Waals surface area (Å²) in [7, 11) is 0. The Bertz CT molecular complexity index is 12.5. The second kappa shape index (κ2) is 995. The van der Waals surface area contributed by atoms with Crippen LogP contribution < -0.4 is 0 Å². The van der Waals surface area contributed by atoms with Gasteiger partial charge in [0.25, 0.3) is 0 Å².